The number of carboxylic acid groups (broad SMARTS) is 1. The second-order valence-electron chi connectivity index (χ2n) is 12.5. The molecule has 2 amide bonds. The van der Waals surface area contributed by atoms with E-state index in [0.717, 1.165) is 23.1 Å². The zero-order valence-electron chi connectivity index (χ0n) is 27.1. The SMILES string of the molecule is CC(C)(C)c1ccc(C(=O)NC(Cc2ccc(-c3ncc(-c4nc(CCc5ccccc5)no4)cn3)cc2)C(=O)NCCC(=O)O)cc1. The van der Waals surface area contributed by atoms with E-state index >= 15 is 0 Å². The smallest absolute Gasteiger partial charge is 0.305 e. The van der Waals surface area contributed by atoms with Gasteiger partial charge < -0.3 is 20.3 Å². The Labute approximate surface area is 278 Å². The van der Waals surface area contributed by atoms with E-state index in [9.17, 15) is 14.4 Å². The van der Waals surface area contributed by atoms with Crippen LogP contribution < -0.4 is 10.6 Å². The maximum absolute atomic E-state index is 13.1. The van der Waals surface area contributed by atoms with Gasteiger partial charge >= 0.3 is 5.97 Å². The zero-order valence-corrected chi connectivity index (χ0v) is 27.1. The van der Waals surface area contributed by atoms with Gasteiger partial charge in [0.2, 0.25) is 5.91 Å². The Kier molecular flexibility index (Phi) is 10.7. The number of amides is 2. The van der Waals surface area contributed by atoms with Crippen molar-refractivity contribution in [1.29, 1.82) is 0 Å². The van der Waals surface area contributed by atoms with Crippen LogP contribution >= 0.6 is 0 Å². The minimum absolute atomic E-state index is 0.0499. The van der Waals surface area contributed by atoms with Crippen LogP contribution in [-0.2, 0) is 34.3 Å². The quantitative estimate of drug-likeness (QED) is 0.156. The lowest BCUT2D eigenvalue weighted by Gasteiger charge is -2.20. The molecule has 246 valence electrons. The van der Waals surface area contributed by atoms with Gasteiger partial charge in [0, 0.05) is 42.9 Å². The Morgan fingerprint density at radius 3 is 2.17 bits per heavy atom. The molecule has 11 nitrogen and oxygen atoms in total. The average molecular weight is 647 g/mol. The number of benzene rings is 3. The van der Waals surface area contributed by atoms with E-state index in [2.05, 4.69) is 63.6 Å². The summed E-state index contributed by atoms with van der Waals surface area (Å²) in [6.07, 6.45) is 4.68. The molecule has 0 aliphatic carbocycles. The van der Waals surface area contributed by atoms with Crippen LogP contribution in [0.5, 0.6) is 0 Å². The highest BCUT2D eigenvalue weighted by Gasteiger charge is 2.23. The molecule has 1 unspecified atom stereocenters. The van der Waals surface area contributed by atoms with Gasteiger partial charge in [-0.15, -0.1) is 0 Å². The first-order valence-electron chi connectivity index (χ1n) is 15.7. The summed E-state index contributed by atoms with van der Waals surface area (Å²) in [7, 11) is 0. The number of aliphatic carboxylic acids is 1. The van der Waals surface area contributed by atoms with Crippen LogP contribution in [0.15, 0.2) is 95.8 Å². The van der Waals surface area contributed by atoms with E-state index in [4.69, 9.17) is 9.63 Å². The molecule has 2 heterocycles. The van der Waals surface area contributed by atoms with Gasteiger partial charge in [0.25, 0.3) is 11.8 Å². The fourth-order valence-corrected chi connectivity index (χ4v) is 4.98. The number of carboxylic acids is 1. The number of rotatable bonds is 13. The van der Waals surface area contributed by atoms with Gasteiger partial charge in [0.1, 0.15) is 6.04 Å². The monoisotopic (exact) mass is 646 g/mol. The number of carbonyl (C=O) groups is 3. The molecule has 0 saturated heterocycles. The highest BCUT2D eigenvalue weighted by molar-refractivity contribution is 5.97. The van der Waals surface area contributed by atoms with Gasteiger partial charge in [-0.1, -0.05) is 92.7 Å². The Bertz CT molecular complexity index is 1830. The van der Waals surface area contributed by atoms with Gasteiger partial charge in [0.15, 0.2) is 11.6 Å². The fourth-order valence-electron chi connectivity index (χ4n) is 4.98. The van der Waals surface area contributed by atoms with Crippen molar-refractivity contribution in [2.75, 3.05) is 6.54 Å². The van der Waals surface area contributed by atoms with Crippen LogP contribution in [-0.4, -0.2) is 55.6 Å². The van der Waals surface area contributed by atoms with Crippen molar-refractivity contribution >= 4 is 17.8 Å². The zero-order chi connectivity index (χ0) is 34.1. The lowest BCUT2D eigenvalue weighted by atomic mass is 9.86. The molecule has 2 aromatic heterocycles. The molecule has 0 radical (unpaired) electrons. The highest BCUT2D eigenvalue weighted by atomic mass is 16.5. The van der Waals surface area contributed by atoms with Gasteiger partial charge in [-0.3, -0.25) is 14.4 Å². The summed E-state index contributed by atoms with van der Waals surface area (Å²) in [5.74, 6) is -0.450. The molecule has 0 spiro atoms. The summed E-state index contributed by atoms with van der Waals surface area (Å²) < 4.78 is 5.43. The third kappa shape index (κ3) is 9.18. The molecule has 48 heavy (non-hydrogen) atoms. The van der Waals surface area contributed by atoms with Crippen LogP contribution in [0.4, 0.5) is 0 Å². The van der Waals surface area contributed by atoms with Crippen molar-refractivity contribution in [3.63, 3.8) is 0 Å². The molecule has 1 atom stereocenters. The van der Waals surface area contributed by atoms with E-state index in [1.807, 2.05) is 54.6 Å². The molecule has 0 saturated carbocycles. The second kappa shape index (κ2) is 15.3. The Hall–Kier alpha value is -5.71. The standard InChI is InChI=1S/C37H38N6O5/c1-37(2,3)29-16-14-27(15-17-29)34(46)41-30(35(47)38-20-19-32(44)45)21-25-9-12-26(13-10-25)33-39-22-28(23-40-33)36-42-31(43-48-36)18-11-24-7-5-4-6-8-24/h4-10,12-17,22-23,30H,11,18-21H2,1-3H3,(H,38,47)(H,41,46)(H,44,45). The van der Waals surface area contributed by atoms with E-state index in [-0.39, 0.29) is 24.8 Å². The van der Waals surface area contributed by atoms with Gasteiger partial charge in [-0.2, -0.15) is 4.98 Å². The Morgan fingerprint density at radius 2 is 1.52 bits per heavy atom. The van der Waals surface area contributed by atoms with Crippen LogP contribution in [0.3, 0.4) is 0 Å². The number of hydrogen-bond acceptors (Lipinski definition) is 8. The number of aromatic nitrogens is 4. The summed E-state index contributed by atoms with van der Waals surface area (Å²) in [4.78, 5) is 50.6. The van der Waals surface area contributed by atoms with Crippen molar-refractivity contribution in [2.24, 2.45) is 0 Å². The summed E-state index contributed by atoms with van der Waals surface area (Å²) in [5, 5.41) is 18.5. The molecule has 0 bridgehead atoms. The largest absolute Gasteiger partial charge is 0.481 e. The molecule has 3 aromatic carbocycles. The first-order valence-corrected chi connectivity index (χ1v) is 15.7. The molecule has 11 heteroatoms. The summed E-state index contributed by atoms with van der Waals surface area (Å²) in [5.41, 5.74) is 4.78. The maximum atomic E-state index is 13.1. The Morgan fingerprint density at radius 1 is 0.833 bits per heavy atom. The van der Waals surface area contributed by atoms with Crippen LogP contribution in [0.2, 0.25) is 0 Å². The summed E-state index contributed by atoms with van der Waals surface area (Å²) in [6, 6.07) is 23.8. The molecule has 5 rings (SSSR count). The molecule has 0 aliphatic rings. The normalized spacial score (nSPS) is 11.9. The molecular formula is C37H38N6O5. The minimum Gasteiger partial charge on any atom is -0.481 e. The van der Waals surface area contributed by atoms with Gasteiger partial charge in [-0.05, 0) is 40.7 Å². The van der Waals surface area contributed by atoms with Crippen molar-refractivity contribution in [3.05, 3.63) is 119 Å². The third-order valence-corrected chi connectivity index (χ3v) is 7.77. The number of hydrogen-bond donors (Lipinski definition) is 3. The summed E-state index contributed by atoms with van der Waals surface area (Å²) in [6.45, 7) is 6.22. The Balaban J connectivity index is 1.23. The molecule has 0 fully saturated rings. The number of aryl methyl sites for hydroxylation is 2. The number of nitrogens with one attached hydrogen (secondary N) is 2. The molecule has 5 aromatic rings. The highest BCUT2D eigenvalue weighted by Crippen LogP contribution is 2.23. The number of carbonyl (C=O) groups excluding carboxylic acids is 2. The first kappa shape index (κ1) is 33.6. The van der Waals surface area contributed by atoms with E-state index in [0.29, 0.717) is 35.1 Å². The molecule has 0 aliphatic heterocycles. The van der Waals surface area contributed by atoms with Gasteiger partial charge in [0.05, 0.1) is 12.0 Å². The van der Waals surface area contributed by atoms with Crippen LogP contribution in [0.1, 0.15) is 60.1 Å². The van der Waals surface area contributed by atoms with Crippen molar-refractivity contribution in [1.82, 2.24) is 30.7 Å². The lowest BCUT2D eigenvalue weighted by Crippen LogP contribution is -2.48. The van der Waals surface area contributed by atoms with E-state index in [1.54, 1.807) is 24.5 Å². The topological polar surface area (TPSA) is 160 Å². The van der Waals surface area contributed by atoms with E-state index in [1.165, 1.54) is 5.56 Å². The lowest BCUT2D eigenvalue weighted by molar-refractivity contribution is -0.137. The summed E-state index contributed by atoms with van der Waals surface area (Å²) >= 11 is 0. The predicted octanol–water partition coefficient (Wildman–Crippen LogP) is 5.21. The second-order valence-corrected chi connectivity index (χ2v) is 12.5. The number of nitrogens with zero attached hydrogens (tertiary/aromatic N) is 4. The van der Waals surface area contributed by atoms with E-state index < -0.39 is 23.8 Å². The van der Waals surface area contributed by atoms with Crippen LogP contribution in [0.25, 0.3) is 22.8 Å². The molecule has 3 N–H and O–H groups in total. The van der Waals surface area contributed by atoms with Crippen LogP contribution in [0, 0.1) is 0 Å². The maximum Gasteiger partial charge on any atom is 0.305 e. The predicted molar refractivity (Wildman–Crippen MR) is 180 cm³/mol. The fraction of sp³-hybridized carbons (Fsp3) is 0.270. The molecular weight excluding hydrogens is 608 g/mol. The minimum atomic E-state index is -1.03. The van der Waals surface area contributed by atoms with Gasteiger partial charge in [-0.25, -0.2) is 9.97 Å². The third-order valence-electron chi connectivity index (χ3n) is 7.77. The first-order chi connectivity index (χ1) is 23.0. The van der Waals surface area contributed by atoms with Crippen molar-refractivity contribution < 1.29 is 24.0 Å². The average Bonchev–Trinajstić information content (AvgIpc) is 3.56. The van der Waals surface area contributed by atoms with Crippen molar-refractivity contribution in [3.8, 4) is 22.8 Å². The van der Waals surface area contributed by atoms with Crippen molar-refractivity contribution in [2.45, 2.75) is 57.9 Å².